The fourth-order valence-electron chi connectivity index (χ4n) is 4.68. The van der Waals surface area contributed by atoms with Crippen molar-refractivity contribution in [3.8, 4) is 0 Å². The van der Waals surface area contributed by atoms with Crippen molar-refractivity contribution >= 4 is 17.8 Å². The minimum absolute atomic E-state index is 0.150. The summed E-state index contributed by atoms with van der Waals surface area (Å²) >= 11 is 0. The van der Waals surface area contributed by atoms with Crippen molar-refractivity contribution < 1.29 is 14.4 Å². The molecule has 6 nitrogen and oxygen atoms in total. The normalized spacial score (nSPS) is 25.2. The van der Waals surface area contributed by atoms with E-state index in [0.717, 1.165) is 56.3 Å². The van der Waals surface area contributed by atoms with Gasteiger partial charge in [-0.05, 0) is 25.7 Å². The minimum Gasteiger partial charge on any atom is -0.352 e. The van der Waals surface area contributed by atoms with E-state index in [1.54, 1.807) is 0 Å². The summed E-state index contributed by atoms with van der Waals surface area (Å²) in [6.07, 6.45) is 14.7. The first-order valence-electron chi connectivity index (χ1n) is 10.5. The highest BCUT2D eigenvalue weighted by atomic mass is 16.2. The van der Waals surface area contributed by atoms with Crippen LogP contribution in [0.15, 0.2) is 0 Å². The topological polar surface area (TPSA) is 78.5 Å². The van der Waals surface area contributed by atoms with Gasteiger partial charge in [-0.15, -0.1) is 0 Å². The van der Waals surface area contributed by atoms with Crippen molar-refractivity contribution in [1.82, 2.24) is 15.5 Å². The molecule has 0 atom stereocenters. The molecular weight excluding hydrogens is 330 g/mol. The molecule has 0 unspecified atom stereocenters. The number of carbonyl (C=O) groups is 3. The highest BCUT2D eigenvalue weighted by Gasteiger charge is 2.50. The molecule has 0 aromatic heterocycles. The monoisotopic (exact) mass is 363 g/mol. The molecule has 3 rings (SSSR count). The Labute approximate surface area is 156 Å². The minimum atomic E-state index is -0.766. The van der Waals surface area contributed by atoms with Gasteiger partial charge in [0.05, 0.1) is 0 Å². The Morgan fingerprint density at radius 3 is 2.08 bits per heavy atom. The fourth-order valence-corrected chi connectivity index (χ4v) is 4.68. The third-order valence-electron chi connectivity index (χ3n) is 6.23. The Morgan fingerprint density at radius 2 is 1.46 bits per heavy atom. The summed E-state index contributed by atoms with van der Waals surface area (Å²) in [4.78, 5) is 39.0. The highest BCUT2D eigenvalue weighted by molar-refractivity contribution is 6.09. The summed E-state index contributed by atoms with van der Waals surface area (Å²) in [5, 5.41) is 5.98. The van der Waals surface area contributed by atoms with Crippen LogP contribution in [0, 0.1) is 0 Å². The predicted molar refractivity (Wildman–Crippen MR) is 99.5 cm³/mol. The van der Waals surface area contributed by atoms with E-state index in [9.17, 15) is 14.4 Å². The second-order valence-electron chi connectivity index (χ2n) is 8.28. The lowest BCUT2D eigenvalue weighted by molar-refractivity contribution is -0.135. The van der Waals surface area contributed by atoms with Gasteiger partial charge in [-0.2, -0.15) is 0 Å². The number of imide groups is 1. The van der Waals surface area contributed by atoms with Crippen molar-refractivity contribution in [3.63, 3.8) is 0 Å². The Morgan fingerprint density at radius 1 is 0.923 bits per heavy atom. The first-order chi connectivity index (χ1) is 12.6. The number of rotatable bonds is 3. The van der Waals surface area contributed by atoms with E-state index in [1.807, 2.05) is 0 Å². The van der Waals surface area contributed by atoms with Crippen LogP contribution in [0.2, 0.25) is 0 Å². The number of amides is 4. The Hall–Kier alpha value is -1.59. The van der Waals surface area contributed by atoms with Crippen LogP contribution in [-0.4, -0.2) is 40.9 Å². The molecule has 1 spiro atoms. The van der Waals surface area contributed by atoms with Gasteiger partial charge >= 0.3 is 6.03 Å². The molecule has 0 radical (unpaired) electrons. The van der Waals surface area contributed by atoms with Gasteiger partial charge in [0.15, 0.2) is 0 Å². The average molecular weight is 364 g/mol. The first kappa shape index (κ1) is 19.2. The maximum Gasteiger partial charge on any atom is 0.325 e. The van der Waals surface area contributed by atoms with Gasteiger partial charge in [0.25, 0.3) is 5.91 Å². The molecule has 26 heavy (non-hydrogen) atoms. The Bertz CT molecular complexity index is 518. The van der Waals surface area contributed by atoms with Gasteiger partial charge in [-0.1, -0.05) is 64.2 Å². The largest absolute Gasteiger partial charge is 0.352 e. The molecule has 146 valence electrons. The second kappa shape index (κ2) is 8.87. The SMILES string of the molecule is O=C(CN1C(=O)NC2(CCCCCCC2)C1=O)NC1CCCCCCC1. The zero-order valence-corrected chi connectivity index (χ0v) is 15.9. The van der Waals surface area contributed by atoms with Crippen LogP contribution >= 0.6 is 0 Å². The van der Waals surface area contributed by atoms with Gasteiger partial charge in [0.1, 0.15) is 12.1 Å². The molecule has 0 bridgehead atoms. The molecule has 1 aliphatic heterocycles. The number of hydrogen-bond donors (Lipinski definition) is 2. The highest BCUT2D eigenvalue weighted by Crippen LogP contribution is 2.32. The standard InChI is InChI=1S/C20H33N3O3/c24-17(21-16-11-7-3-1-4-8-12-16)15-23-18(25)20(22-19(23)26)13-9-5-2-6-10-14-20/h16H,1-15H2,(H,21,24)(H,22,26). The molecule has 3 fully saturated rings. The summed E-state index contributed by atoms with van der Waals surface area (Å²) in [5.74, 6) is -0.404. The molecule has 2 saturated carbocycles. The maximum absolute atomic E-state index is 12.9. The Balaban J connectivity index is 1.57. The quantitative estimate of drug-likeness (QED) is 0.756. The van der Waals surface area contributed by atoms with E-state index in [-0.39, 0.29) is 24.4 Å². The van der Waals surface area contributed by atoms with Gasteiger partial charge in [-0.3, -0.25) is 14.5 Å². The summed E-state index contributed by atoms with van der Waals surface area (Å²) in [6, 6.07) is -0.220. The molecule has 6 heteroatoms. The van der Waals surface area contributed by atoms with E-state index < -0.39 is 11.6 Å². The van der Waals surface area contributed by atoms with Gasteiger partial charge in [0.2, 0.25) is 5.91 Å². The number of nitrogens with one attached hydrogen (secondary N) is 2. The van der Waals surface area contributed by atoms with Crippen molar-refractivity contribution in [3.05, 3.63) is 0 Å². The third kappa shape index (κ3) is 4.57. The first-order valence-corrected chi connectivity index (χ1v) is 10.5. The van der Waals surface area contributed by atoms with Crippen molar-refractivity contribution in [2.45, 2.75) is 101 Å². The van der Waals surface area contributed by atoms with E-state index in [2.05, 4.69) is 10.6 Å². The smallest absolute Gasteiger partial charge is 0.325 e. The molecule has 3 aliphatic rings. The lowest BCUT2D eigenvalue weighted by Crippen LogP contribution is -2.48. The number of urea groups is 1. The van der Waals surface area contributed by atoms with Gasteiger partial charge in [-0.25, -0.2) is 4.79 Å². The summed E-state index contributed by atoms with van der Waals surface area (Å²) in [5.41, 5.74) is -0.766. The summed E-state index contributed by atoms with van der Waals surface area (Å²) < 4.78 is 0. The lowest BCUT2D eigenvalue weighted by atomic mass is 9.84. The van der Waals surface area contributed by atoms with Crippen molar-refractivity contribution in [1.29, 1.82) is 0 Å². The molecule has 1 saturated heterocycles. The molecule has 1 heterocycles. The molecule has 2 N–H and O–H groups in total. The van der Waals surface area contributed by atoms with Crippen LogP contribution in [0.4, 0.5) is 4.79 Å². The number of carbonyl (C=O) groups excluding carboxylic acids is 3. The number of nitrogens with zero attached hydrogens (tertiary/aromatic N) is 1. The van der Waals surface area contributed by atoms with Gasteiger partial charge < -0.3 is 10.6 Å². The molecule has 4 amide bonds. The van der Waals surface area contributed by atoms with E-state index >= 15 is 0 Å². The fraction of sp³-hybridized carbons (Fsp3) is 0.850. The van der Waals surface area contributed by atoms with Crippen molar-refractivity contribution in [2.75, 3.05) is 6.54 Å². The average Bonchev–Trinajstić information content (AvgIpc) is 2.79. The molecule has 0 aromatic carbocycles. The molecule has 2 aliphatic carbocycles. The zero-order chi connectivity index (χ0) is 18.4. The van der Waals surface area contributed by atoms with Crippen LogP contribution in [0.25, 0.3) is 0 Å². The van der Waals surface area contributed by atoms with Crippen LogP contribution in [0.5, 0.6) is 0 Å². The summed E-state index contributed by atoms with van der Waals surface area (Å²) in [6.45, 7) is -0.150. The van der Waals surface area contributed by atoms with Crippen molar-refractivity contribution in [2.24, 2.45) is 0 Å². The van der Waals surface area contributed by atoms with Crippen LogP contribution in [0.1, 0.15) is 89.9 Å². The van der Waals surface area contributed by atoms with E-state index in [0.29, 0.717) is 12.8 Å². The Kier molecular flexibility index (Phi) is 6.54. The van der Waals surface area contributed by atoms with E-state index in [4.69, 9.17) is 0 Å². The van der Waals surface area contributed by atoms with Crippen LogP contribution < -0.4 is 10.6 Å². The second-order valence-corrected chi connectivity index (χ2v) is 8.28. The predicted octanol–water partition coefficient (Wildman–Crippen LogP) is 3.25. The lowest BCUT2D eigenvalue weighted by Gasteiger charge is -2.28. The molecule has 0 aromatic rings. The molecular formula is C20H33N3O3. The van der Waals surface area contributed by atoms with Crippen LogP contribution in [-0.2, 0) is 9.59 Å². The zero-order valence-electron chi connectivity index (χ0n) is 15.9. The maximum atomic E-state index is 12.9. The van der Waals surface area contributed by atoms with Crippen LogP contribution in [0.3, 0.4) is 0 Å². The summed E-state index contributed by atoms with van der Waals surface area (Å²) in [7, 11) is 0. The van der Waals surface area contributed by atoms with E-state index in [1.165, 1.54) is 25.7 Å². The number of hydrogen-bond acceptors (Lipinski definition) is 3. The third-order valence-corrected chi connectivity index (χ3v) is 6.23. The van der Waals surface area contributed by atoms with Gasteiger partial charge in [0, 0.05) is 6.04 Å².